The van der Waals surface area contributed by atoms with Crippen molar-refractivity contribution >= 4 is 17.5 Å². The average Bonchev–Trinajstić information content (AvgIpc) is 2.56. The lowest BCUT2D eigenvalue weighted by Crippen LogP contribution is -2.39. The summed E-state index contributed by atoms with van der Waals surface area (Å²) in [6.07, 6.45) is 0.962. The number of hydrogen-bond acceptors (Lipinski definition) is 3. The molecule has 1 aromatic carbocycles. The monoisotopic (exact) mass is 281 g/mol. The van der Waals surface area contributed by atoms with Crippen LogP contribution in [0, 0.1) is 0 Å². The van der Waals surface area contributed by atoms with Gasteiger partial charge in [-0.2, -0.15) is 0 Å². The molecule has 1 fully saturated rings. The van der Waals surface area contributed by atoms with Gasteiger partial charge < -0.3 is 10.6 Å². The first kappa shape index (κ1) is 14.3. The van der Waals surface area contributed by atoms with Gasteiger partial charge in [0.15, 0.2) is 0 Å². The SMILES string of the molecule is CN1CCCN(C(CN)c2ccccc2Cl)CC1=O. The second-order valence-corrected chi connectivity index (χ2v) is 5.32. The highest BCUT2D eigenvalue weighted by Crippen LogP contribution is 2.27. The van der Waals surface area contributed by atoms with Gasteiger partial charge in [0, 0.05) is 37.7 Å². The van der Waals surface area contributed by atoms with Crippen molar-refractivity contribution in [1.29, 1.82) is 0 Å². The Bertz CT molecular complexity index is 452. The molecule has 1 aromatic rings. The van der Waals surface area contributed by atoms with Crippen LogP contribution in [0.25, 0.3) is 0 Å². The molecule has 19 heavy (non-hydrogen) atoms. The van der Waals surface area contributed by atoms with Crippen LogP contribution in [0.3, 0.4) is 0 Å². The number of carbonyl (C=O) groups is 1. The fourth-order valence-electron chi connectivity index (χ4n) is 2.49. The summed E-state index contributed by atoms with van der Waals surface area (Å²) >= 11 is 6.25. The highest BCUT2D eigenvalue weighted by Gasteiger charge is 2.26. The number of amides is 1. The van der Waals surface area contributed by atoms with Crippen molar-refractivity contribution in [2.24, 2.45) is 5.73 Å². The van der Waals surface area contributed by atoms with Gasteiger partial charge in [0.2, 0.25) is 5.91 Å². The van der Waals surface area contributed by atoms with Crippen molar-refractivity contribution < 1.29 is 4.79 Å². The van der Waals surface area contributed by atoms with Crippen LogP contribution < -0.4 is 5.73 Å². The molecule has 5 heteroatoms. The molecule has 0 aliphatic carbocycles. The summed E-state index contributed by atoms with van der Waals surface area (Å²) < 4.78 is 0. The van der Waals surface area contributed by atoms with E-state index in [1.165, 1.54) is 0 Å². The topological polar surface area (TPSA) is 49.6 Å². The molecule has 1 unspecified atom stereocenters. The number of carbonyl (C=O) groups excluding carboxylic acids is 1. The summed E-state index contributed by atoms with van der Waals surface area (Å²) in [5, 5.41) is 0.711. The number of rotatable bonds is 3. The predicted molar refractivity (Wildman–Crippen MR) is 77.1 cm³/mol. The van der Waals surface area contributed by atoms with Crippen molar-refractivity contribution in [3.63, 3.8) is 0 Å². The number of nitrogens with zero attached hydrogens (tertiary/aromatic N) is 2. The lowest BCUT2D eigenvalue weighted by Gasteiger charge is -2.29. The number of halogens is 1. The van der Waals surface area contributed by atoms with Gasteiger partial charge in [-0.25, -0.2) is 0 Å². The van der Waals surface area contributed by atoms with Crippen LogP contribution in [0.4, 0.5) is 0 Å². The molecule has 2 rings (SSSR count). The Balaban J connectivity index is 2.22. The first-order chi connectivity index (χ1) is 9.13. The van der Waals surface area contributed by atoms with Crippen molar-refractivity contribution in [2.45, 2.75) is 12.5 Å². The maximum Gasteiger partial charge on any atom is 0.236 e. The minimum Gasteiger partial charge on any atom is -0.345 e. The van der Waals surface area contributed by atoms with E-state index in [1.54, 1.807) is 4.90 Å². The first-order valence-electron chi connectivity index (χ1n) is 6.56. The molecule has 1 saturated heterocycles. The third kappa shape index (κ3) is 3.26. The van der Waals surface area contributed by atoms with Crippen molar-refractivity contribution in [3.05, 3.63) is 34.9 Å². The van der Waals surface area contributed by atoms with Gasteiger partial charge in [-0.15, -0.1) is 0 Å². The van der Waals surface area contributed by atoms with Crippen LogP contribution in [-0.2, 0) is 4.79 Å². The zero-order valence-corrected chi connectivity index (χ0v) is 11.9. The summed E-state index contributed by atoms with van der Waals surface area (Å²) in [5.74, 6) is 0.142. The summed E-state index contributed by atoms with van der Waals surface area (Å²) in [4.78, 5) is 15.9. The fraction of sp³-hybridized carbons (Fsp3) is 0.500. The van der Waals surface area contributed by atoms with E-state index in [-0.39, 0.29) is 11.9 Å². The lowest BCUT2D eigenvalue weighted by atomic mass is 10.0. The van der Waals surface area contributed by atoms with Gasteiger partial charge in [0.25, 0.3) is 0 Å². The van der Waals surface area contributed by atoms with Gasteiger partial charge in [0.05, 0.1) is 6.54 Å². The standard InChI is InChI=1S/C14H20ClN3O/c1-17-7-4-8-18(10-14(17)19)13(9-16)11-5-2-3-6-12(11)15/h2-3,5-6,13H,4,7-10,16H2,1H3. The maximum absolute atomic E-state index is 12.0. The van der Waals surface area contributed by atoms with Crippen LogP contribution >= 0.6 is 11.6 Å². The van der Waals surface area contributed by atoms with E-state index in [0.29, 0.717) is 18.1 Å². The smallest absolute Gasteiger partial charge is 0.236 e. The average molecular weight is 282 g/mol. The molecule has 0 spiro atoms. The minimum absolute atomic E-state index is 0.00384. The molecule has 1 aliphatic heterocycles. The molecule has 4 nitrogen and oxygen atoms in total. The first-order valence-corrected chi connectivity index (χ1v) is 6.93. The second-order valence-electron chi connectivity index (χ2n) is 4.91. The van der Waals surface area contributed by atoms with E-state index >= 15 is 0 Å². The van der Waals surface area contributed by atoms with Gasteiger partial charge >= 0.3 is 0 Å². The van der Waals surface area contributed by atoms with E-state index in [1.807, 2.05) is 31.3 Å². The number of hydrogen-bond donors (Lipinski definition) is 1. The highest BCUT2D eigenvalue weighted by molar-refractivity contribution is 6.31. The van der Waals surface area contributed by atoms with E-state index < -0.39 is 0 Å². The van der Waals surface area contributed by atoms with E-state index in [0.717, 1.165) is 25.1 Å². The van der Waals surface area contributed by atoms with Gasteiger partial charge in [-0.05, 0) is 18.1 Å². The molecule has 1 amide bonds. The summed E-state index contributed by atoms with van der Waals surface area (Å²) in [7, 11) is 1.85. The predicted octanol–water partition coefficient (Wildman–Crippen LogP) is 1.50. The zero-order valence-electron chi connectivity index (χ0n) is 11.2. The summed E-state index contributed by atoms with van der Waals surface area (Å²) in [6.45, 7) is 2.53. The maximum atomic E-state index is 12.0. The molecular weight excluding hydrogens is 262 g/mol. The number of benzene rings is 1. The van der Waals surface area contributed by atoms with E-state index in [4.69, 9.17) is 17.3 Å². The minimum atomic E-state index is 0.00384. The van der Waals surface area contributed by atoms with Crippen LogP contribution in [-0.4, -0.2) is 48.9 Å². The van der Waals surface area contributed by atoms with E-state index in [9.17, 15) is 4.79 Å². The molecule has 104 valence electrons. The molecule has 2 N–H and O–H groups in total. The third-order valence-corrected chi connectivity index (χ3v) is 3.98. The Morgan fingerprint density at radius 2 is 2.11 bits per heavy atom. The Morgan fingerprint density at radius 1 is 1.37 bits per heavy atom. The Hall–Kier alpha value is -1.10. The lowest BCUT2D eigenvalue weighted by molar-refractivity contribution is -0.130. The molecule has 1 aliphatic rings. The summed E-state index contributed by atoms with van der Waals surface area (Å²) in [5.41, 5.74) is 6.91. The molecular formula is C14H20ClN3O. The second kappa shape index (κ2) is 6.37. The number of likely N-dealkylation sites (N-methyl/N-ethyl adjacent to an activating group) is 1. The molecule has 1 heterocycles. The van der Waals surface area contributed by atoms with Crippen molar-refractivity contribution in [2.75, 3.05) is 33.2 Å². The quantitative estimate of drug-likeness (QED) is 0.914. The van der Waals surface area contributed by atoms with Crippen LogP contribution in [0.15, 0.2) is 24.3 Å². The largest absolute Gasteiger partial charge is 0.345 e. The fourth-order valence-corrected chi connectivity index (χ4v) is 2.75. The molecule has 0 radical (unpaired) electrons. The molecule has 0 saturated carbocycles. The van der Waals surface area contributed by atoms with E-state index in [2.05, 4.69) is 4.90 Å². The van der Waals surface area contributed by atoms with Crippen LogP contribution in [0.2, 0.25) is 5.02 Å². The Morgan fingerprint density at radius 3 is 2.79 bits per heavy atom. The Labute approximate surface area is 119 Å². The van der Waals surface area contributed by atoms with Gasteiger partial charge in [0.1, 0.15) is 0 Å². The third-order valence-electron chi connectivity index (χ3n) is 3.63. The molecule has 0 bridgehead atoms. The molecule has 0 aromatic heterocycles. The number of nitrogens with two attached hydrogens (primary N) is 1. The Kier molecular flexibility index (Phi) is 4.80. The van der Waals surface area contributed by atoms with Gasteiger partial charge in [-0.3, -0.25) is 9.69 Å². The molecule has 1 atom stereocenters. The summed E-state index contributed by atoms with van der Waals surface area (Å²) in [6, 6.07) is 7.71. The highest BCUT2D eigenvalue weighted by atomic mass is 35.5. The normalized spacial score (nSPS) is 19.3. The van der Waals surface area contributed by atoms with Crippen molar-refractivity contribution in [3.8, 4) is 0 Å². The van der Waals surface area contributed by atoms with Gasteiger partial charge in [-0.1, -0.05) is 29.8 Å². The van der Waals surface area contributed by atoms with Crippen LogP contribution in [0.1, 0.15) is 18.0 Å². The zero-order chi connectivity index (χ0) is 13.8. The van der Waals surface area contributed by atoms with Crippen molar-refractivity contribution in [1.82, 2.24) is 9.80 Å². The van der Waals surface area contributed by atoms with Crippen LogP contribution in [0.5, 0.6) is 0 Å².